The molecule has 3 amide bonds. The van der Waals surface area contributed by atoms with E-state index in [1.54, 1.807) is 25.7 Å². The lowest BCUT2D eigenvalue weighted by Gasteiger charge is -2.39. The van der Waals surface area contributed by atoms with Gasteiger partial charge in [-0.3, -0.25) is 9.59 Å². The number of benzene rings is 1. The summed E-state index contributed by atoms with van der Waals surface area (Å²) in [5.74, 6) is -0.405. The van der Waals surface area contributed by atoms with Crippen LogP contribution in [0.4, 0.5) is 4.79 Å². The highest BCUT2D eigenvalue weighted by molar-refractivity contribution is 5.92. The number of aryl methyl sites for hydroxylation is 2. The number of rotatable bonds is 13. The van der Waals surface area contributed by atoms with Gasteiger partial charge in [0.05, 0.1) is 6.61 Å². The summed E-state index contributed by atoms with van der Waals surface area (Å²) >= 11 is 0. The number of ether oxygens (including phenoxy) is 1. The number of hydrogen-bond acceptors (Lipinski definition) is 5. The molecular formula is C30H51N3O5. The van der Waals surface area contributed by atoms with Crippen molar-refractivity contribution in [3.8, 4) is 0 Å². The molecule has 3 N–H and O–H groups in total. The van der Waals surface area contributed by atoms with E-state index in [9.17, 15) is 19.5 Å². The largest absolute Gasteiger partial charge is 0.444 e. The first kappa shape index (κ1) is 33.4. The molecule has 4 unspecified atom stereocenters. The van der Waals surface area contributed by atoms with Crippen molar-refractivity contribution < 1.29 is 24.2 Å². The Hall–Kier alpha value is -2.61. The maximum atomic E-state index is 14.1. The van der Waals surface area contributed by atoms with Crippen molar-refractivity contribution in [1.82, 2.24) is 15.5 Å². The molecule has 0 aliphatic heterocycles. The third-order valence-electron chi connectivity index (χ3n) is 6.43. The Morgan fingerprint density at radius 1 is 1.00 bits per heavy atom. The molecule has 0 aliphatic rings. The van der Waals surface area contributed by atoms with E-state index >= 15 is 0 Å². The Balaban J connectivity index is 3.62. The summed E-state index contributed by atoms with van der Waals surface area (Å²) in [6.45, 7) is 18.6. The van der Waals surface area contributed by atoms with E-state index < -0.39 is 36.3 Å². The molecule has 0 aromatic heterocycles. The minimum Gasteiger partial charge on any atom is -0.444 e. The van der Waals surface area contributed by atoms with Crippen LogP contribution >= 0.6 is 0 Å². The van der Waals surface area contributed by atoms with Gasteiger partial charge < -0.3 is 25.4 Å². The van der Waals surface area contributed by atoms with Crippen molar-refractivity contribution in [2.45, 2.75) is 125 Å². The summed E-state index contributed by atoms with van der Waals surface area (Å²) in [5, 5.41) is 15.8. The Labute approximate surface area is 229 Å². The number of nitrogens with one attached hydrogen (secondary N) is 2. The van der Waals surface area contributed by atoms with Crippen LogP contribution in [0.5, 0.6) is 0 Å². The van der Waals surface area contributed by atoms with Crippen LogP contribution in [0.15, 0.2) is 18.2 Å². The maximum absolute atomic E-state index is 14.1. The molecule has 1 rings (SSSR count). The van der Waals surface area contributed by atoms with Gasteiger partial charge in [0, 0.05) is 12.1 Å². The molecule has 4 atom stereocenters. The van der Waals surface area contributed by atoms with E-state index in [2.05, 4.69) is 31.4 Å². The molecule has 1 aromatic carbocycles. The number of carbonyl (C=O) groups excluding carboxylic acids is 3. The molecule has 0 aliphatic carbocycles. The zero-order chi connectivity index (χ0) is 29.2. The number of carbonyl (C=O) groups is 3. The molecule has 8 nitrogen and oxygen atoms in total. The summed E-state index contributed by atoms with van der Waals surface area (Å²) in [4.78, 5) is 42.1. The molecule has 0 bridgehead atoms. The van der Waals surface area contributed by atoms with Crippen LogP contribution in [0.1, 0.15) is 104 Å². The molecule has 0 spiro atoms. The third-order valence-corrected chi connectivity index (χ3v) is 6.43. The van der Waals surface area contributed by atoms with Gasteiger partial charge in [-0.15, -0.1) is 0 Å². The monoisotopic (exact) mass is 533 g/mol. The molecular weight excluding hydrogens is 482 g/mol. The molecule has 0 saturated carbocycles. The average Bonchev–Trinajstić information content (AvgIpc) is 2.79. The Morgan fingerprint density at radius 2 is 1.63 bits per heavy atom. The van der Waals surface area contributed by atoms with Crippen LogP contribution < -0.4 is 10.6 Å². The topological polar surface area (TPSA) is 108 Å². The normalized spacial score (nSPS) is 14.8. The average molecular weight is 534 g/mol. The number of aliphatic hydroxyl groups excluding tert-OH is 1. The molecule has 38 heavy (non-hydrogen) atoms. The van der Waals surface area contributed by atoms with E-state index in [1.807, 2.05) is 45.9 Å². The smallest absolute Gasteiger partial charge is 0.408 e. The van der Waals surface area contributed by atoms with Gasteiger partial charge in [0.1, 0.15) is 17.7 Å². The van der Waals surface area contributed by atoms with Crippen molar-refractivity contribution in [2.75, 3.05) is 6.61 Å². The van der Waals surface area contributed by atoms with E-state index in [4.69, 9.17) is 4.74 Å². The minimum absolute atomic E-state index is 0.0726. The van der Waals surface area contributed by atoms with Gasteiger partial charge in [-0.25, -0.2) is 4.79 Å². The Morgan fingerprint density at radius 3 is 2.16 bits per heavy atom. The molecule has 216 valence electrons. The lowest BCUT2D eigenvalue weighted by molar-refractivity contribution is -0.146. The van der Waals surface area contributed by atoms with E-state index in [0.29, 0.717) is 12.3 Å². The summed E-state index contributed by atoms with van der Waals surface area (Å²) in [6.07, 6.45) is 2.43. The highest BCUT2D eigenvalue weighted by atomic mass is 16.6. The summed E-state index contributed by atoms with van der Waals surface area (Å²) in [6, 6.07) is 3.26. The lowest BCUT2D eigenvalue weighted by Crippen LogP contribution is -2.57. The Kier molecular flexibility index (Phi) is 13.3. The minimum atomic E-state index is -1.26. The van der Waals surface area contributed by atoms with Crippen LogP contribution in [-0.2, 0) is 14.3 Å². The second-order valence-electron chi connectivity index (χ2n) is 11.9. The lowest BCUT2D eigenvalue weighted by atomic mass is 9.93. The fraction of sp³-hybridized carbons (Fsp3) is 0.700. The quantitative estimate of drug-likeness (QED) is 0.323. The highest BCUT2D eigenvalue weighted by Gasteiger charge is 2.39. The van der Waals surface area contributed by atoms with Crippen LogP contribution in [-0.4, -0.2) is 58.2 Å². The fourth-order valence-electron chi connectivity index (χ4n) is 4.43. The maximum Gasteiger partial charge on any atom is 0.408 e. The van der Waals surface area contributed by atoms with Crippen molar-refractivity contribution in [1.29, 1.82) is 0 Å². The van der Waals surface area contributed by atoms with Gasteiger partial charge in [0.25, 0.3) is 0 Å². The number of nitrogens with zero attached hydrogens (tertiary/aromatic N) is 1. The number of alkyl carbamates (subject to hydrolysis) is 1. The zero-order valence-corrected chi connectivity index (χ0v) is 25.2. The van der Waals surface area contributed by atoms with Gasteiger partial charge in [-0.05, 0) is 84.8 Å². The first-order valence-corrected chi connectivity index (χ1v) is 13.9. The molecule has 1 aromatic rings. The van der Waals surface area contributed by atoms with Crippen LogP contribution in [0, 0.1) is 19.8 Å². The number of aliphatic hydroxyl groups is 1. The number of amides is 3. The van der Waals surface area contributed by atoms with Crippen molar-refractivity contribution in [3.63, 3.8) is 0 Å². The second-order valence-corrected chi connectivity index (χ2v) is 11.9. The predicted octanol–water partition coefficient (Wildman–Crippen LogP) is 5.19. The van der Waals surface area contributed by atoms with Crippen molar-refractivity contribution >= 4 is 17.9 Å². The molecule has 8 heteroatoms. The zero-order valence-electron chi connectivity index (χ0n) is 25.2. The third kappa shape index (κ3) is 10.6. The van der Waals surface area contributed by atoms with Crippen LogP contribution in [0.25, 0.3) is 0 Å². The predicted molar refractivity (Wildman–Crippen MR) is 152 cm³/mol. The van der Waals surface area contributed by atoms with E-state index in [-0.39, 0.29) is 18.0 Å². The Bertz CT molecular complexity index is 925. The standard InChI is InChI=1S/C30H51N3O5/c1-11-12-22(6)31-27(35)26(24-17-20(4)14-15-21(24)5)33(23(7)16-13-19(2)3)28(36)25(18-34)32-29(37)38-30(8,9)10/h14-15,17,19,22-23,25-26,34H,11-13,16,18H2,1-10H3,(H,31,35)(H,32,37). The molecule has 0 fully saturated rings. The second kappa shape index (κ2) is 15.1. The summed E-state index contributed by atoms with van der Waals surface area (Å²) in [7, 11) is 0. The van der Waals surface area contributed by atoms with Crippen molar-refractivity contribution in [2.24, 2.45) is 5.92 Å². The van der Waals surface area contributed by atoms with Gasteiger partial charge in [-0.2, -0.15) is 0 Å². The molecule has 0 radical (unpaired) electrons. The molecule has 0 saturated heterocycles. The van der Waals surface area contributed by atoms with Gasteiger partial charge in [0.15, 0.2) is 0 Å². The SMILES string of the molecule is CCCC(C)NC(=O)C(c1cc(C)ccc1C)N(C(=O)C(CO)NC(=O)OC(C)(C)C)C(C)CCC(C)C. The van der Waals surface area contributed by atoms with Gasteiger partial charge in [-0.1, -0.05) is 51.0 Å². The van der Waals surface area contributed by atoms with Gasteiger partial charge >= 0.3 is 6.09 Å². The van der Waals surface area contributed by atoms with Crippen molar-refractivity contribution in [3.05, 3.63) is 34.9 Å². The first-order valence-electron chi connectivity index (χ1n) is 13.9. The van der Waals surface area contributed by atoms with Crippen LogP contribution in [0.3, 0.4) is 0 Å². The first-order chi connectivity index (χ1) is 17.6. The van der Waals surface area contributed by atoms with Crippen LogP contribution in [0.2, 0.25) is 0 Å². The van der Waals surface area contributed by atoms with E-state index in [1.165, 1.54) is 0 Å². The fourth-order valence-corrected chi connectivity index (χ4v) is 4.43. The summed E-state index contributed by atoms with van der Waals surface area (Å²) < 4.78 is 5.34. The van der Waals surface area contributed by atoms with Gasteiger partial charge in [0.2, 0.25) is 11.8 Å². The summed E-state index contributed by atoms with van der Waals surface area (Å²) in [5.41, 5.74) is 1.81. The molecule has 0 heterocycles. The number of hydrogen-bond donors (Lipinski definition) is 3. The van der Waals surface area contributed by atoms with E-state index in [0.717, 1.165) is 36.0 Å². The highest BCUT2D eigenvalue weighted by Crippen LogP contribution is 2.30.